The number of ether oxygens (including phenoxy) is 1. The topological polar surface area (TPSA) is 12.5 Å². The second-order valence-electron chi connectivity index (χ2n) is 3.35. The van der Waals surface area contributed by atoms with Crippen LogP contribution in [0.4, 0.5) is 0 Å². The molecule has 1 aromatic rings. The van der Waals surface area contributed by atoms with Crippen LogP contribution in [-0.2, 0) is 11.2 Å². The van der Waals surface area contributed by atoms with Crippen LogP contribution in [0.5, 0.6) is 0 Å². The molecule has 1 unspecified atom stereocenters. The Balaban J connectivity index is 1.75. The van der Waals surface area contributed by atoms with Crippen molar-refractivity contribution in [2.75, 3.05) is 6.61 Å². The first kappa shape index (κ1) is 8.52. The summed E-state index contributed by atoms with van der Waals surface area (Å²) in [6.45, 7) is 0.954. The average molecular weight is 174 g/mol. The van der Waals surface area contributed by atoms with Crippen LogP contribution in [0.2, 0.25) is 0 Å². The Bertz CT molecular complexity index is 272. The lowest BCUT2D eigenvalue weighted by Gasteiger charge is -1.93. The normalized spacial score (nSPS) is 20.8. The molecule has 0 bridgehead atoms. The minimum absolute atomic E-state index is 0.520. The highest BCUT2D eigenvalue weighted by atomic mass is 16.6. The average Bonchev–Trinajstić information content (AvgIpc) is 2.98. The quantitative estimate of drug-likeness (QED) is 0.505. The minimum Gasteiger partial charge on any atom is -0.373 e. The fourth-order valence-corrected chi connectivity index (χ4v) is 1.29. The van der Waals surface area contributed by atoms with Crippen molar-refractivity contribution in [1.29, 1.82) is 0 Å². The van der Waals surface area contributed by atoms with Crippen molar-refractivity contribution in [3.8, 4) is 0 Å². The van der Waals surface area contributed by atoms with Crippen molar-refractivity contribution in [3.63, 3.8) is 0 Å². The van der Waals surface area contributed by atoms with Crippen LogP contribution in [0, 0.1) is 0 Å². The molecule has 1 nitrogen and oxygen atoms in total. The Hall–Kier alpha value is -1.08. The summed E-state index contributed by atoms with van der Waals surface area (Å²) in [7, 11) is 0. The second-order valence-corrected chi connectivity index (χ2v) is 3.35. The van der Waals surface area contributed by atoms with E-state index in [9.17, 15) is 0 Å². The summed E-state index contributed by atoms with van der Waals surface area (Å²) in [4.78, 5) is 0. The molecule has 13 heavy (non-hydrogen) atoms. The van der Waals surface area contributed by atoms with E-state index in [1.54, 1.807) is 0 Å². The molecule has 1 saturated heterocycles. The van der Waals surface area contributed by atoms with Gasteiger partial charge in [0.05, 0.1) is 12.7 Å². The molecule has 0 radical (unpaired) electrons. The largest absolute Gasteiger partial charge is 0.373 e. The van der Waals surface area contributed by atoms with Crippen LogP contribution in [0.15, 0.2) is 42.5 Å². The molecule has 2 rings (SSSR count). The predicted molar refractivity (Wildman–Crippen MR) is 53.6 cm³/mol. The smallest absolute Gasteiger partial charge is 0.0844 e. The zero-order valence-corrected chi connectivity index (χ0v) is 7.65. The Morgan fingerprint density at radius 1 is 1.23 bits per heavy atom. The number of hydrogen-bond acceptors (Lipinski definition) is 1. The highest BCUT2D eigenvalue weighted by molar-refractivity contribution is 5.17. The van der Waals surface area contributed by atoms with Crippen LogP contribution in [0.1, 0.15) is 12.0 Å². The SMILES string of the molecule is C(=C\CC1CO1)/Cc1ccccc1. The molecule has 1 heteroatoms. The van der Waals surface area contributed by atoms with Gasteiger partial charge in [-0.1, -0.05) is 42.5 Å². The van der Waals surface area contributed by atoms with Gasteiger partial charge < -0.3 is 4.74 Å². The molecule has 0 amide bonds. The molecule has 0 spiro atoms. The van der Waals surface area contributed by atoms with E-state index in [1.165, 1.54) is 5.56 Å². The Labute approximate surface area is 79.0 Å². The number of hydrogen-bond donors (Lipinski definition) is 0. The van der Waals surface area contributed by atoms with E-state index in [-0.39, 0.29) is 0 Å². The van der Waals surface area contributed by atoms with E-state index in [1.807, 2.05) is 6.07 Å². The van der Waals surface area contributed by atoms with Crippen LogP contribution in [-0.4, -0.2) is 12.7 Å². The molecule has 1 heterocycles. The first-order valence-electron chi connectivity index (χ1n) is 4.75. The Morgan fingerprint density at radius 2 is 2.00 bits per heavy atom. The third kappa shape index (κ3) is 3.03. The van der Waals surface area contributed by atoms with Crippen LogP contribution < -0.4 is 0 Å². The van der Waals surface area contributed by atoms with E-state index in [2.05, 4.69) is 36.4 Å². The first-order valence-corrected chi connectivity index (χ1v) is 4.75. The Kier molecular flexibility index (Phi) is 2.78. The summed E-state index contributed by atoms with van der Waals surface area (Å²) in [5.41, 5.74) is 1.37. The van der Waals surface area contributed by atoms with Gasteiger partial charge in [0.1, 0.15) is 0 Å². The van der Waals surface area contributed by atoms with Gasteiger partial charge in [0.15, 0.2) is 0 Å². The van der Waals surface area contributed by atoms with Crippen LogP contribution >= 0.6 is 0 Å². The van der Waals surface area contributed by atoms with Crippen molar-refractivity contribution in [1.82, 2.24) is 0 Å². The van der Waals surface area contributed by atoms with E-state index < -0.39 is 0 Å². The molecule has 1 atom stereocenters. The molecular weight excluding hydrogens is 160 g/mol. The van der Waals surface area contributed by atoms with Gasteiger partial charge >= 0.3 is 0 Å². The summed E-state index contributed by atoms with van der Waals surface area (Å²) < 4.78 is 5.11. The lowest BCUT2D eigenvalue weighted by molar-refractivity contribution is 0.410. The molecule has 0 saturated carbocycles. The lowest BCUT2D eigenvalue weighted by Crippen LogP contribution is -1.81. The zero-order valence-electron chi connectivity index (χ0n) is 7.65. The van der Waals surface area contributed by atoms with Crippen molar-refractivity contribution in [2.24, 2.45) is 0 Å². The lowest BCUT2D eigenvalue weighted by atomic mass is 10.1. The third-order valence-corrected chi connectivity index (χ3v) is 2.16. The van der Waals surface area contributed by atoms with Gasteiger partial charge in [-0.05, 0) is 18.4 Å². The number of epoxide rings is 1. The first-order chi connectivity index (χ1) is 6.45. The van der Waals surface area contributed by atoms with Crippen LogP contribution in [0.3, 0.4) is 0 Å². The highest BCUT2D eigenvalue weighted by Crippen LogP contribution is 2.13. The summed E-state index contributed by atoms with van der Waals surface area (Å²) in [6.07, 6.45) is 7.06. The van der Waals surface area contributed by atoms with E-state index >= 15 is 0 Å². The van der Waals surface area contributed by atoms with Gasteiger partial charge in [0, 0.05) is 0 Å². The predicted octanol–water partition coefficient (Wildman–Crippen LogP) is 2.57. The molecule has 0 N–H and O–H groups in total. The fraction of sp³-hybridized carbons (Fsp3) is 0.333. The fourth-order valence-electron chi connectivity index (χ4n) is 1.29. The summed E-state index contributed by atoms with van der Waals surface area (Å²) >= 11 is 0. The van der Waals surface area contributed by atoms with Crippen molar-refractivity contribution in [3.05, 3.63) is 48.0 Å². The molecule has 1 aliphatic heterocycles. The Morgan fingerprint density at radius 3 is 2.69 bits per heavy atom. The maximum absolute atomic E-state index is 5.11. The molecule has 0 aromatic heterocycles. The third-order valence-electron chi connectivity index (χ3n) is 2.16. The van der Waals surface area contributed by atoms with Crippen molar-refractivity contribution in [2.45, 2.75) is 18.9 Å². The molecule has 68 valence electrons. The van der Waals surface area contributed by atoms with Gasteiger partial charge in [-0.2, -0.15) is 0 Å². The molecule has 1 fully saturated rings. The molecule has 0 aliphatic carbocycles. The zero-order chi connectivity index (χ0) is 8.93. The molecular formula is C12H14O. The van der Waals surface area contributed by atoms with Crippen LogP contribution in [0.25, 0.3) is 0 Å². The van der Waals surface area contributed by atoms with Crippen molar-refractivity contribution >= 4 is 0 Å². The van der Waals surface area contributed by atoms with Gasteiger partial charge in [0.25, 0.3) is 0 Å². The van der Waals surface area contributed by atoms with Gasteiger partial charge in [-0.15, -0.1) is 0 Å². The van der Waals surface area contributed by atoms with E-state index in [4.69, 9.17) is 4.74 Å². The maximum Gasteiger partial charge on any atom is 0.0844 e. The molecule has 1 aliphatic rings. The monoisotopic (exact) mass is 174 g/mol. The number of benzene rings is 1. The van der Waals surface area contributed by atoms with E-state index in [0.29, 0.717) is 6.10 Å². The minimum atomic E-state index is 0.520. The molecule has 1 aromatic carbocycles. The van der Waals surface area contributed by atoms with Crippen molar-refractivity contribution < 1.29 is 4.74 Å². The maximum atomic E-state index is 5.11. The summed E-state index contributed by atoms with van der Waals surface area (Å²) in [5, 5.41) is 0. The standard InChI is InChI=1S/C12H14O/c1-2-6-11(7-3-1)8-4-5-9-12-10-13-12/h1-7,12H,8-10H2/b5-4+. The number of rotatable bonds is 4. The summed E-state index contributed by atoms with van der Waals surface area (Å²) in [5.74, 6) is 0. The second kappa shape index (κ2) is 4.24. The summed E-state index contributed by atoms with van der Waals surface area (Å²) in [6, 6.07) is 10.5. The number of allylic oxidation sites excluding steroid dienone is 1. The van der Waals surface area contributed by atoms with Gasteiger partial charge in [-0.3, -0.25) is 0 Å². The highest BCUT2D eigenvalue weighted by Gasteiger charge is 2.19. The van der Waals surface area contributed by atoms with Gasteiger partial charge in [0.2, 0.25) is 0 Å². The van der Waals surface area contributed by atoms with E-state index in [0.717, 1.165) is 19.4 Å². The van der Waals surface area contributed by atoms with Gasteiger partial charge in [-0.25, -0.2) is 0 Å².